The number of fused-ring (bicyclic) bond motifs is 1. The van der Waals surface area contributed by atoms with Crippen LogP contribution in [0.4, 0.5) is 0 Å². The minimum Gasteiger partial charge on any atom is -0.519 e. The minimum absolute atomic E-state index is 0.317. The summed E-state index contributed by atoms with van der Waals surface area (Å²) < 4.78 is 11.8. The van der Waals surface area contributed by atoms with E-state index < -0.39 is 0 Å². The van der Waals surface area contributed by atoms with E-state index in [9.17, 15) is 0 Å². The van der Waals surface area contributed by atoms with E-state index in [0.29, 0.717) is 5.41 Å². The van der Waals surface area contributed by atoms with Crippen molar-refractivity contribution in [2.45, 2.75) is 27.2 Å². The summed E-state index contributed by atoms with van der Waals surface area (Å²) in [6, 6.07) is 16.3. The van der Waals surface area contributed by atoms with Gasteiger partial charge in [0, 0.05) is 12.0 Å². The number of hydrogen-bond acceptors (Lipinski definition) is 3. The first-order valence-electron chi connectivity index (χ1n) is 8.23. The second-order valence-electron chi connectivity index (χ2n) is 7.25. The first-order valence-corrected chi connectivity index (χ1v) is 8.23. The minimum atomic E-state index is -0.333. The monoisotopic (exact) mass is 309 g/mol. The van der Waals surface area contributed by atoms with Crippen LogP contribution < -0.4 is 20.1 Å². The van der Waals surface area contributed by atoms with Crippen molar-refractivity contribution in [3.05, 3.63) is 54.1 Å². The molecule has 0 radical (unpaired) electrons. The van der Waals surface area contributed by atoms with Crippen molar-refractivity contribution in [3.63, 3.8) is 0 Å². The maximum atomic E-state index is 5.95. The first-order chi connectivity index (χ1) is 11.0. The zero-order chi connectivity index (χ0) is 16.3. The molecule has 1 N–H and O–H groups in total. The molecule has 0 aliphatic carbocycles. The highest BCUT2D eigenvalue weighted by Gasteiger charge is 2.33. The van der Waals surface area contributed by atoms with E-state index in [0.717, 1.165) is 36.5 Å². The average Bonchev–Trinajstić information content (AvgIpc) is 2.95. The van der Waals surface area contributed by atoms with Gasteiger partial charge < -0.3 is 14.6 Å². The fraction of sp³-hybridized carbons (Fsp3) is 0.368. The van der Waals surface area contributed by atoms with E-state index in [4.69, 9.17) is 9.31 Å². The molecule has 0 aromatic heterocycles. The molecule has 3 rings (SSSR count). The molecular weight excluding hydrogens is 285 g/mol. The van der Waals surface area contributed by atoms with Crippen LogP contribution in [-0.4, -0.2) is 20.2 Å². The van der Waals surface area contributed by atoms with Gasteiger partial charge in [-0.3, -0.25) is 0 Å². The Bertz CT molecular complexity index is 652. The van der Waals surface area contributed by atoms with Crippen molar-refractivity contribution in [3.8, 4) is 11.5 Å². The Morgan fingerprint density at radius 1 is 0.957 bits per heavy atom. The second kappa shape index (κ2) is 6.67. The Hall–Kier alpha value is -1.94. The molecule has 3 nitrogen and oxygen atoms in total. The van der Waals surface area contributed by atoms with Crippen LogP contribution in [0.3, 0.4) is 0 Å². The molecule has 4 heteroatoms. The van der Waals surface area contributed by atoms with Gasteiger partial charge in [0.15, 0.2) is 0 Å². The third-order valence-corrected chi connectivity index (χ3v) is 3.79. The molecule has 1 aliphatic heterocycles. The number of nitrogens with one attached hydrogen (secondary N) is 1. The Kier molecular flexibility index (Phi) is 4.62. The van der Waals surface area contributed by atoms with Crippen molar-refractivity contribution < 1.29 is 9.31 Å². The largest absolute Gasteiger partial charge is 0.632 e. The molecule has 0 saturated heterocycles. The smallest absolute Gasteiger partial charge is 0.519 e. The number of benzene rings is 2. The quantitative estimate of drug-likeness (QED) is 0.680. The van der Waals surface area contributed by atoms with Gasteiger partial charge in [0.1, 0.15) is 11.5 Å². The van der Waals surface area contributed by atoms with E-state index in [-0.39, 0.29) is 7.12 Å². The molecule has 120 valence electrons. The fourth-order valence-electron chi connectivity index (χ4n) is 2.59. The summed E-state index contributed by atoms with van der Waals surface area (Å²) in [6.45, 7) is 8.71. The van der Waals surface area contributed by atoms with Crippen LogP contribution in [0.25, 0.3) is 0 Å². The summed E-state index contributed by atoms with van der Waals surface area (Å²) in [6.07, 6.45) is 0.989. The molecule has 0 unspecified atom stereocenters. The van der Waals surface area contributed by atoms with Crippen molar-refractivity contribution in [1.82, 2.24) is 5.32 Å². The Morgan fingerprint density at radius 3 is 2.43 bits per heavy atom. The Morgan fingerprint density at radius 2 is 1.70 bits per heavy atom. The van der Waals surface area contributed by atoms with E-state index in [1.807, 2.05) is 36.4 Å². The van der Waals surface area contributed by atoms with Gasteiger partial charge in [0.2, 0.25) is 0 Å². The van der Waals surface area contributed by atoms with Crippen molar-refractivity contribution in [2.24, 2.45) is 5.41 Å². The predicted octanol–water partition coefficient (Wildman–Crippen LogP) is 3.03. The third kappa shape index (κ3) is 4.29. The van der Waals surface area contributed by atoms with E-state index in [2.05, 4.69) is 38.2 Å². The van der Waals surface area contributed by atoms with Gasteiger partial charge in [0.05, 0.1) is 0 Å². The summed E-state index contributed by atoms with van der Waals surface area (Å²) in [5, 5.41) is 3.50. The van der Waals surface area contributed by atoms with Gasteiger partial charge in [-0.05, 0) is 36.1 Å². The van der Waals surface area contributed by atoms with Gasteiger partial charge in [-0.15, -0.1) is 0 Å². The molecule has 0 amide bonds. The number of rotatable bonds is 5. The number of hydrogen-bond donors (Lipinski definition) is 1. The van der Waals surface area contributed by atoms with Gasteiger partial charge in [0.25, 0.3) is 0 Å². The lowest BCUT2D eigenvalue weighted by molar-refractivity contribution is 0.381. The molecule has 2 aromatic carbocycles. The average molecular weight is 309 g/mol. The fourth-order valence-corrected chi connectivity index (χ4v) is 2.59. The summed E-state index contributed by atoms with van der Waals surface area (Å²) in [4.78, 5) is 0. The van der Waals surface area contributed by atoms with Gasteiger partial charge in [-0.2, -0.15) is 0 Å². The van der Waals surface area contributed by atoms with E-state index >= 15 is 0 Å². The first kappa shape index (κ1) is 15.9. The lowest BCUT2D eigenvalue weighted by Gasteiger charge is -2.18. The summed E-state index contributed by atoms with van der Waals surface area (Å²) in [5.41, 5.74) is 2.62. The summed E-state index contributed by atoms with van der Waals surface area (Å²) in [7, 11) is -0.333. The lowest BCUT2D eigenvalue weighted by atomic mass is 9.79. The van der Waals surface area contributed by atoms with Gasteiger partial charge >= 0.3 is 7.12 Å². The molecule has 23 heavy (non-hydrogen) atoms. The van der Waals surface area contributed by atoms with Crippen molar-refractivity contribution in [2.75, 3.05) is 13.1 Å². The van der Waals surface area contributed by atoms with Crippen molar-refractivity contribution >= 4 is 12.6 Å². The maximum Gasteiger partial charge on any atom is 0.632 e. The van der Waals surface area contributed by atoms with Crippen LogP contribution in [0.1, 0.15) is 26.3 Å². The topological polar surface area (TPSA) is 30.5 Å². The normalized spacial score (nSPS) is 13.4. The molecule has 0 saturated carbocycles. The predicted molar refractivity (Wildman–Crippen MR) is 95.6 cm³/mol. The Labute approximate surface area is 139 Å². The summed E-state index contributed by atoms with van der Waals surface area (Å²) >= 11 is 0. The van der Waals surface area contributed by atoms with E-state index in [1.54, 1.807) is 0 Å². The van der Waals surface area contributed by atoms with Crippen LogP contribution in [0.15, 0.2) is 48.5 Å². The lowest BCUT2D eigenvalue weighted by Crippen LogP contribution is -2.38. The van der Waals surface area contributed by atoms with Gasteiger partial charge in [-0.25, -0.2) is 0 Å². The van der Waals surface area contributed by atoms with Crippen LogP contribution in [-0.2, 0) is 6.42 Å². The Balaban J connectivity index is 1.58. The van der Waals surface area contributed by atoms with Crippen molar-refractivity contribution in [1.29, 1.82) is 0 Å². The van der Waals surface area contributed by atoms with E-state index in [1.165, 1.54) is 5.56 Å². The molecular formula is C19H24BNO2. The molecule has 0 atom stereocenters. The molecule has 0 spiro atoms. The van der Waals surface area contributed by atoms with Gasteiger partial charge in [-0.1, -0.05) is 57.2 Å². The molecule has 0 fully saturated rings. The molecule has 2 aromatic rings. The zero-order valence-electron chi connectivity index (χ0n) is 14.1. The maximum absolute atomic E-state index is 5.95. The van der Waals surface area contributed by atoms with Crippen LogP contribution in [0, 0.1) is 5.41 Å². The van der Waals surface area contributed by atoms with Crippen LogP contribution in [0.2, 0.25) is 0 Å². The van der Waals surface area contributed by atoms with Crippen LogP contribution in [0.5, 0.6) is 11.5 Å². The molecule has 1 heterocycles. The second-order valence-corrected chi connectivity index (χ2v) is 7.25. The zero-order valence-corrected chi connectivity index (χ0v) is 14.1. The standard InChI is InChI=1S/C19H24BNO2/c1-19(2,3)14-21-12-11-15-9-10-17-18(13-15)23-20(22-17)16-7-5-4-6-8-16/h4-10,13,21H,11-12,14H2,1-3H3. The highest BCUT2D eigenvalue weighted by atomic mass is 16.6. The highest BCUT2D eigenvalue weighted by molar-refractivity contribution is 6.63. The third-order valence-electron chi connectivity index (χ3n) is 3.79. The summed E-state index contributed by atoms with van der Waals surface area (Å²) in [5.74, 6) is 1.66. The SMILES string of the molecule is CC(C)(C)CNCCc1ccc2c(c1)OB(c1ccccc1)O2. The van der Waals surface area contributed by atoms with Crippen LogP contribution >= 0.6 is 0 Å². The highest BCUT2D eigenvalue weighted by Crippen LogP contribution is 2.34. The molecule has 1 aliphatic rings. The molecule has 0 bridgehead atoms.